The zero-order chi connectivity index (χ0) is 37.9. The van der Waals surface area contributed by atoms with Gasteiger partial charge in [0.25, 0.3) is 0 Å². The zero-order valence-electron chi connectivity index (χ0n) is 31.8. The number of hydrogen-bond acceptors (Lipinski definition) is 8. The Morgan fingerprint density at radius 3 is 2.20 bits per heavy atom. The van der Waals surface area contributed by atoms with E-state index in [-0.39, 0.29) is 60.7 Å². The number of ether oxygens (including phenoxy) is 2. The maximum Gasteiger partial charge on any atom is 0.326 e. The summed E-state index contributed by atoms with van der Waals surface area (Å²) in [5, 5.41) is 13.0. The van der Waals surface area contributed by atoms with Gasteiger partial charge in [-0.2, -0.15) is 0 Å². The van der Waals surface area contributed by atoms with E-state index in [1.54, 1.807) is 40.0 Å². The lowest BCUT2D eigenvalue weighted by Crippen LogP contribution is -2.55. The van der Waals surface area contributed by atoms with Crippen LogP contribution in [0, 0.1) is 23.7 Å². The van der Waals surface area contributed by atoms with Gasteiger partial charge in [-0.05, 0) is 44.1 Å². The van der Waals surface area contributed by atoms with Crippen LogP contribution in [-0.2, 0) is 35.1 Å². The van der Waals surface area contributed by atoms with Crippen molar-refractivity contribution < 1.29 is 33.8 Å². The van der Waals surface area contributed by atoms with Crippen molar-refractivity contribution in [3.05, 3.63) is 35.9 Å². The highest BCUT2D eigenvalue weighted by atomic mass is 32.1. The molecule has 1 aliphatic rings. The highest BCUT2D eigenvalue weighted by Gasteiger charge is 2.43. The number of rotatable bonds is 20. The predicted octanol–water partition coefficient (Wildman–Crippen LogP) is 4.49. The van der Waals surface area contributed by atoms with Crippen LogP contribution >= 0.6 is 12.2 Å². The van der Waals surface area contributed by atoms with Gasteiger partial charge < -0.3 is 35.4 Å². The van der Waals surface area contributed by atoms with Crippen molar-refractivity contribution in [2.24, 2.45) is 29.4 Å². The fraction of sp³-hybridized carbons (Fsp3) is 0.711. The first-order valence-corrected chi connectivity index (χ1v) is 18.3. The Balaban J connectivity index is 2.26. The number of hydrogen-bond donors (Lipinski definition) is 3. The minimum Gasteiger partial charge on any atom is -0.480 e. The molecule has 12 heteroatoms. The molecule has 0 unspecified atom stereocenters. The highest BCUT2D eigenvalue weighted by Crippen LogP contribution is 2.31. The largest absolute Gasteiger partial charge is 0.480 e. The standard InChI is InChI=1S/C38H62N4O7S/c1-11-24(4)33(41(8)36(45)27(23(2)3)21-31(43)38(6,7)39)30(48-9)22-32(44)42-19-15-18-29(42)34(49-10)25(5)35(50)40-28(37(46)47)20-26-16-13-12-14-17-26/h12-14,16-17,23-25,27-30,33-34H,11,15,18-22,39H2,1-10H3,(H,40,50)(H,46,47)/t24-,25+,27-,28-,29-,30+,33-,34+/m0/s1. The molecule has 2 rings (SSSR count). The molecule has 2 amide bonds. The molecule has 0 aromatic heterocycles. The van der Waals surface area contributed by atoms with Gasteiger partial charge in [0.15, 0.2) is 5.78 Å². The molecule has 0 spiro atoms. The topological polar surface area (TPSA) is 152 Å². The average Bonchev–Trinajstić information content (AvgIpc) is 3.55. The fourth-order valence-electron chi connectivity index (χ4n) is 6.99. The van der Waals surface area contributed by atoms with Crippen molar-refractivity contribution >= 4 is 40.8 Å². The number of nitrogens with one attached hydrogen (secondary N) is 1. The van der Waals surface area contributed by atoms with Gasteiger partial charge in [0.1, 0.15) is 6.04 Å². The van der Waals surface area contributed by atoms with Crippen molar-refractivity contribution in [3.63, 3.8) is 0 Å². The van der Waals surface area contributed by atoms with Crippen LogP contribution in [0.2, 0.25) is 0 Å². The second-order valence-corrected chi connectivity index (χ2v) is 15.3. The molecular formula is C38H62N4O7S. The molecule has 0 radical (unpaired) electrons. The van der Waals surface area contributed by atoms with Crippen LogP contribution in [0.25, 0.3) is 0 Å². The molecule has 11 nitrogen and oxygen atoms in total. The normalized spacial score (nSPS) is 19.2. The molecule has 50 heavy (non-hydrogen) atoms. The first kappa shape index (κ1) is 43.2. The molecule has 0 bridgehead atoms. The number of Topliss-reactive ketones (excluding diaryl/α,β-unsaturated/α-hetero) is 1. The summed E-state index contributed by atoms with van der Waals surface area (Å²) in [6.45, 7) is 13.7. The van der Waals surface area contributed by atoms with Crippen molar-refractivity contribution in [2.45, 2.75) is 123 Å². The quantitative estimate of drug-likeness (QED) is 0.165. The summed E-state index contributed by atoms with van der Waals surface area (Å²) in [7, 11) is 4.88. The van der Waals surface area contributed by atoms with Gasteiger partial charge in [-0.15, -0.1) is 0 Å². The van der Waals surface area contributed by atoms with Crippen molar-refractivity contribution in [1.82, 2.24) is 15.1 Å². The summed E-state index contributed by atoms with van der Waals surface area (Å²) in [6, 6.07) is 7.75. The lowest BCUT2D eigenvalue weighted by molar-refractivity contribution is -0.148. The Labute approximate surface area is 305 Å². The smallest absolute Gasteiger partial charge is 0.326 e. The molecule has 1 aliphatic heterocycles. The minimum atomic E-state index is -1.05. The summed E-state index contributed by atoms with van der Waals surface area (Å²) in [4.78, 5) is 57.0. The van der Waals surface area contributed by atoms with E-state index < -0.39 is 41.7 Å². The first-order chi connectivity index (χ1) is 23.4. The Morgan fingerprint density at radius 2 is 1.70 bits per heavy atom. The Kier molecular flexibility index (Phi) is 17.0. The van der Waals surface area contributed by atoms with Crippen molar-refractivity contribution in [2.75, 3.05) is 27.8 Å². The summed E-state index contributed by atoms with van der Waals surface area (Å²) in [6.07, 6.45) is 1.51. The third-order valence-corrected chi connectivity index (χ3v) is 10.9. The number of carboxylic acids is 1. The van der Waals surface area contributed by atoms with Crippen LogP contribution in [0.5, 0.6) is 0 Å². The maximum atomic E-state index is 14.1. The van der Waals surface area contributed by atoms with Crippen LogP contribution in [0.3, 0.4) is 0 Å². The van der Waals surface area contributed by atoms with Gasteiger partial charge in [-0.25, -0.2) is 4.79 Å². The molecule has 1 aromatic carbocycles. The Hall–Kier alpha value is -2.93. The number of likely N-dealkylation sites (tertiary alicyclic amines) is 1. The number of likely N-dealkylation sites (N-methyl/N-ethyl adjacent to an activating group) is 1. The molecule has 0 aliphatic carbocycles. The van der Waals surface area contributed by atoms with E-state index in [9.17, 15) is 24.3 Å². The van der Waals surface area contributed by atoms with Crippen LogP contribution in [0.4, 0.5) is 0 Å². The number of nitrogens with two attached hydrogens (primary N) is 1. The van der Waals surface area contributed by atoms with Gasteiger partial charge in [0.2, 0.25) is 11.8 Å². The van der Waals surface area contributed by atoms with Gasteiger partial charge in [-0.3, -0.25) is 14.4 Å². The van der Waals surface area contributed by atoms with Gasteiger partial charge >= 0.3 is 5.97 Å². The van der Waals surface area contributed by atoms with Gasteiger partial charge in [0, 0.05) is 52.5 Å². The Bertz CT molecular complexity index is 1290. The number of nitrogens with zero attached hydrogens (tertiary/aromatic N) is 2. The average molecular weight is 719 g/mol. The molecule has 4 N–H and O–H groups in total. The number of carbonyl (C=O) groups is 4. The fourth-order valence-corrected chi connectivity index (χ4v) is 7.27. The maximum absolute atomic E-state index is 14.1. The van der Waals surface area contributed by atoms with Crippen LogP contribution in [0.15, 0.2) is 30.3 Å². The van der Waals surface area contributed by atoms with E-state index in [0.29, 0.717) is 18.0 Å². The predicted molar refractivity (Wildman–Crippen MR) is 200 cm³/mol. The number of ketones is 1. The molecule has 1 heterocycles. The van der Waals surface area contributed by atoms with Crippen molar-refractivity contribution in [3.8, 4) is 0 Å². The SMILES string of the molecule is CC[C@H](C)[C@@H]([C@@H](CC(=O)N1CCC[C@H]1[C@H](OC)[C@@H](C)C(=S)N[C@@H](Cc1ccccc1)C(=O)O)OC)N(C)C(=O)[C@@H](CC(=O)C(C)(C)N)C(C)C. The number of thiocarbonyl (C=S) groups is 1. The number of carboxylic acid groups (broad SMARTS) is 1. The van der Waals surface area contributed by atoms with Gasteiger partial charge in [-0.1, -0.05) is 83.6 Å². The van der Waals surface area contributed by atoms with E-state index >= 15 is 0 Å². The monoisotopic (exact) mass is 718 g/mol. The third-order valence-electron chi connectivity index (χ3n) is 10.4. The minimum absolute atomic E-state index is 0.00111. The number of carbonyl (C=O) groups excluding carboxylic acids is 3. The molecule has 1 saturated heterocycles. The third kappa shape index (κ3) is 11.5. The summed E-state index contributed by atoms with van der Waals surface area (Å²) >= 11 is 5.73. The second-order valence-electron chi connectivity index (χ2n) is 14.9. The molecule has 1 fully saturated rings. The Morgan fingerprint density at radius 1 is 1.08 bits per heavy atom. The lowest BCUT2D eigenvalue weighted by atomic mass is 9.83. The van der Waals surface area contributed by atoms with Crippen LogP contribution in [0.1, 0.15) is 86.1 Å². The molecule has 282 valence electrons. The molecule has 1 aromatic rings. The number of methoxy groups -OCH3 is 2. The molecule has 8 atom stereocenters. The lowest BCUT2D eigenvalue weighted by Gasteiger charge is -2.41. The van der Waals surface area contributed by atoms with Crippen LogP contribution in [-0.4, -0.2) is 107 Å². The van der Waals surface area contributed by atoms with E-state index in [0.717, 1.165) is 18.4 Å². The van der Waals surface area contributed by atoms with Gasteiger partial charge in [0.05, 0.1) is 41.2 Å². The van der Waals surface area contributed by atoms with E-state index in [2.05, 4.69) is 5.32 Å². The molecule has 0 saturated carbocycles. The number of benzene rings is 1. The summed E-state index contributed by atoms with van der Waals surface area (Å²) in [5.74, 6) is -2.51. The second kappa shape index (κ2) is 19.6. The first-order valence-electron chi connectivity index (χ1n) is 17.9. The number of aliphatic carboxylic acids is 1. The number of amides is 2. The molecular weight excluding hydrogens is 657 g/mol. The van der Waals surface area contributed by atoms with E-state index in [4.69, 9.17) is 27.4 Å². The van der Waals surface area contributed by atoms with E-state index in [1.165, 1.54) is 0 Å². The summed E-state index contributed by atoms with van der Waals surface area (Å²) < 4.78 is 12.0. The zero-order valence-corrected chi connectivity index (χ0v) is 32.6. The van der Waals surface area contributed by atoms with E-state index in [1.807, 2.05) is 69.9 Å². The summed E-state index contributed by atoms with van der Waals surface area (Å²) in [5.41, 5.74) is 5.91. The van der Waals surface area contributed by atoms with Crippen LogP contribution < -0.4 is 11.1 Å². The van der Waals surface area contributed by atoms with Crippen molar-refractivity contribution in [1.29, 1.82) is 0 Å². The highest BCUT2D eigenvalue weighted by molar-refractivity contribution is 7.80.